The van der Waals surface area contributed by atoms with Gasteiger partial charge in [0.05, 0.1) is 18.0 Å². The van der Waals surface area contributed by atoms with Crippen molar-refractivity contribution in [3.63, 3.8) is 0 Å². The number of hydrogen-bond acceptors (Lipinski definition) is 4. The van der Waals surface area contributed by atoms with Gasteiger partial charge in [-0.2, -0.15) is 5.10 Å². The lowest BCUT2D eigenvalue weighted by Gasteiger charge is -2.14. The highest BCUT2D eigenvalue weighted by atomic mass is 16.5. The molecule has 21 heavy (non-hydrogen) atoms. The van der Waals surface area contributed by atoms with E-state index < -0.39 is 0 Å². The molecule has 2 aliphatic rings. The highest BCUT2D eigenvalue weighted by molar-refractivity contribution is 5.11. The first-order valence-electron chi connectivity index (χ1n) is 8.41. The first-order valence-corrected chi connectivity index (χ1v) is 8.41. The predicted octanol–water partition coefficient (Wildman–Crippen LogP) is 1.62. The topological polar surface area (TPSA) is 42.3 Å². The summed E-state index contributed by atoms with van der Waals surface area (Å²) in [5.74, 6) is 0.707. The van der Waals surface area contributed by atoms with E-state index in [0.717, 1.165) is 52.4 Å². The molecule has 1 fully saturated rings. The van der Waals surface area contributed by atoms with E-state index in [-0.39, 0.29) is 0 Å². The van der Waals surface area contributed by atoms with Crippen LogP contribution in [0.5, 0.6) is 0 Å². The number of nitrogens with zero attached hydrogens (tertiary/aromatic N) is 3. The number of nitrogens with one attached hydrogen (secondary N) is 1. The molecule has 1 saturated heterocycles. The van der Waals surface area contributed by atoms with Crippen molar-refractivity contribution >= 4 is 0 Å². The van der Waals surface area contributed by atoms with E-state index in [1.54, 1.807) is 0 Å². The maximum absolute atomic E-state index is 5.69. The van der Waals surface area contributed by atoms with Crippen LogP contribution >= 0.6 is 0 Å². The zero-order chi connectivity index (χ0) is 14.5. The fourth-order valence-electron chi connectivity index (χ4n) is 3.31. The van der Waals surface area contributed by atoms with E-state index in [2.05, 4.69) is 27.9 Å². The molecule has 0 aromatic carbocycles. The first-order chi connectivity index (χ1) is 10.3. The van der Waals surface area contributed by atoms with Crippen LogP contribution in [0.3, 0.4) is 0 Å². The van der Waals surface area contributed by atoms with Crippen LogP contribution in [0, 0.1) is 5.92 Å². The summed E-state index contributed by atoms with van der Waals surface area (Å²) in [6, 6.07) is 2.28. The Hall–Kier alpha value is -0.910. The molecule has 5 heteroatoms. The van der Waals surface area contributed by atoms with E-state index in [0.29, 0.717) is 5.92 Å². The molecular weight excluding hydrogens is 264 g/mol. The Morgan fingerprint density at radius 3 is 3.29 bits per heavy atom. The smallest absolute Gasteiger partial charge is 0.0768 e. The molecular formula is C16H28N4O. The van der Waals surface area contributed by atoms with Gasteiger partial charge in [0.25, 0.3) is 0 Å². The maximum atomic E-state index is 5.69. The van der Waals surface area contributed by atoms with E-state index in [1.165, 1.54) is 30.8 Å². The number of fused-ring (bicyclic) bond motifs is 1. The van der Waals surface area contributed by atoms with Gasteiger partial charge in [-0.1, -0.05) is 6.92 Å². The second kappa shape index (κ2) is 7.38. The third-order valence-electron chi connectivity index (χ3n) is 4.40. The minimum absolute atomic E-state index is 0.707. The minimum Gasteiger partial charge on any atom is -0.381 e. The lowest BCUT2D eigenvalue weighted by molar-refractivity contribution is 0.101. The van der Waals surface area contributed by atoms with E-state index in [1.807, 2.05) is 0 Å². The van der Waals surface area contributed by atoms with Gasteiger partial charge in [-0.15, -0.1) is 0 Å². The SMILES string of the molecule is CCCOCC1CCN(Cc2cc3n(n2)CCCNC3)C1. The van der Waals surface area contributed by atoms with Crippen molar-refractivity contribution in [1.29, 1.82) is 0 Å². The molecule has 0 saturated carbocycles. The Kier molecular flexibility index (Phi) is 5.27. The molecule has 1 N–H and O–H groups in total. The fraction of sp³-hybridized carbons (Fsp3) is 0.812. The fourth-order valence-corrected chi connectivity index (χ4v) is 3.31. The number of aromatic nitrogens is 2. The largest absolute Gasteiger partial charge is 0.381 e. The highest BCUT2D eigenvalue weighted by Gasteiger charge is 2.23. The summed E-state index contributed by atoms with van der Waals surface area (Å²) in [6.45, 7) is 10.4. The Labute approximate surface area is 127 Å². The second-order valence-corrected chi connectivity index (χ2v) is 6.35. The molecule has 0 aliphatic carbocycles. The molecule has 3 heterocycles. The molecule has 0 spiro atoms. The van der Waals surface area contributed by atoms with Crippen LogP contribution in [0.25, 0.3) is 0 Å². The summed E-state index contributed by atoms with van der Waals surface area (Å²) in [5.41, 5.74) is 2.56. The number of hydrogen-bond donors (Lipinski definition) is 1. The molecule has 1 unspecified atom stereocenters. The van der Waals surface area contributed by atoms with E-state index >= 15 is 0 Å². The zero-order valence-electron chi connectivity index (χ0n) is 13.2. The Balaban J connectivity index is 1.49. The average molecular weight is 292 g/mol. The van der Waals surface area contributed by atoms with Gasteiger partial charge in [-0.05, 0) is 44.3 Å². The van der Waals surface area contributed by atoms with E-state index in [4.69, 9.17) is 9.84 Å². The monoisotopic (exact) mass is 292 g/mol. The molecule has 3 rings (SSSR count). The Bertz CT molecular complexity index is 422. The number of aryl methyl sites for hydroxylation is 1. The maximum Gasteiger partial charge on any atom is 0.0768 e. The van der Waals surface area contributed by atoms with Crippen molar-refractivity contribution in [2.24, 2.45) is 5.92 Å². The van der Waals surface area contributed by atoms with Crippen LogP contribution < -0.4 is 5.32 Å². The Morgan fingerprint density at radius 1 is 1.43 bits per heavy atom. The third-order valence-corrected chi connectivity index (χ3v) is 4.40. The molecule has 0 bridgehead atoms. The van der Waals surface area contributed by atoms with Crippen LogP contribution in [0.2, 0.25) is 0 Å². The number of ether oxygens (including phenoxy) is 1. The lowest BCUT2D eigenvalue weighted by Crippen LogP contribution is -2.22. The predicted molar refractivity (Wildman–Crippen MR) is 83.0 cm³/mol. The van der Waals surface area contributed by atoms with Gasteiger partial charge < -0.3 is 10.1 Å². The summed E-state index contributed by atoms with van der Waals surface area (Å²) in [7, 11) is 0. The highest BCUT2D eigenvalue weighted by Crippen LogP contribution is 2.19. The molecule has 1 atom stereocenters. The average Bonchev–Trinajstić information content (AvgIpc) is 3.01. The standard InChI is InChI=1S/C16H28N4O/c1-2-8-21-13-14-4-7-19(11-14)12-15-9-16-10-17-5-3-6-20(16)18-15/h9,14,17H,2-8,10-13H2,1H3. The van der Waals surface area contributed by atoms with Gasteiger partial charge in [0.1, 0.15) is 0 Å². The second-order valence-electron chi connectivity index (χ2n) is 6.35. The van der Waals surface area contributed by atoms with Gasteiger partial charge >= 0.3 is 0 Å². The molecule has 118 valence electrons. The van der Waals surface area contributed by atoms with Crippen molar-refractivity contribution in [3.05, 3.63) is 17.5 Å². The normalized spacial score (nSPS) is 23.2. The van der Waals surface area contributed by atoms with Crippen LogP contribution in [-0.4, -0.2) is 47.5 Å². The summed E-state index contributed by atoms with van der Waals surface area (Å²) >= 11 is 0. The zero-order valence-corrected chi connectivity index (χ0v) is 13.2. The summed E-state index contributed by atoms with van der Waals surface area (Å²) in [4.78, 5) is 2.52. The molecule has 0 radical (unpaired) electrons. The summed E-state index contributed by atoms with van der Waals surface area (Å²) < 4.78 is 7.88. The lowest BCUT2D eigenvalue weighted by atomic mass is 10.1. The van der Waals surface area contributed by atoms with Gasteiger partial charge in [-0.3, -0.25) is 9.58 Å². The van der Waals surface area contributed by atoms with Crippen LogP contribution in [-0.2, 0) is 24.4 Å². The molecule has 5 nitrogen and oxygen atoms in total. The minimum atomic E-state index is 0.707. The van der Waals surface area contributed by atoms with Crippen molar-refractivity contribution in [2.75, 3.05) is 32.8 Å². The van der Waals surface area contributed by atoms with Crippen molar-refractivity contribution in [2.45, 2.75) is 45.8 Å². The van der Waals surface area contributed by atoms with Crippen molar-refractivity contribution in [1.82, 2.24) is 20.0 Å². The third kappa shape index (κ3) is 4.05. The van der Waals surface area contributed by atoms with Gasteiger partial charge in [0.15, 0.2) is 0 Å². The summed E-state index contributed by atoms with van der Waals surface area (Å²) in [6.07, 6.45) is 3.55. The van der Waals surface area contributed by atoms with Crippen LogP contribution in [0.15, 0.2) is 6.07 Å². The van der Waals surface area contributed by atoms with Crippen LogP contribution in [0.4, 0.5) is 0 Å². The van der Waals surface area contributed by atoms with Gasteiger partial charge in [-0.25, -0.2) is 0 Å². The molecule has 2 aliphatic heterocycles. The van der Waals surface area contributed by atoms with Crippen molar-refractivity contribution < 1.29 is 4.74 Å². The molecule has 1 aromatic rings. The van der Waals surface area contributed by atoms with Crippen molar-refractivity contribution in [3.8, 4) is 0 Å². The Morgan fingerprint density at radius 2 is 2.38 bits per heavy atom. The first kappa shape index (κ1) is 15.0. The van der Waals surface area contributed by atoms with Crippen LogP contribution in [0.1, 0.15) is 37.6 Å². The number of likely N-dealkylation sites (tertiary alicyclic amines) is 1. The van der Waals surface area contributed by atoms with Gasteiger partial charge in [0, 0.05) is 32.8 Å². The quantitative estimate of drug-likeness (QED) is 0.809. The molecule has 0 amide bonds. The van der Waals surface area contributed by atoms with E-state index in [9.17, 15) is 0 Å². The van der Waals surface area contributed by atoms with Gasteiger partial charge in [0.2, 0.25) is 0 Å². The number of rotatable bonds is 6. The summed E-state index contributed by atoms with van der Waals surface area (Å²) in [5, 5.41) is 8.23. The molecule has 1 aromatic heterocycles.